The highest BCUT2D eigenvalue weighted by Crippen LogP contribution is 2.52. The zero-order valence-corrected chi connectivity index (χ0v) is 34.5. The molecule has 1 heterocycles. The van der Waals surface area contributed by atoms with Crippen molar-refractivity contribution in [2.45, 2.75) is 64.7 Å². The smallest absolute Gasteiger partial charge is 0.0703 e. The van der Waals surface area contributed by atoms with E-state index >= 15 is 0 Å². The molecule has 274 valence electrons. The average molecular weight is 782 g/mol. The number of anilines is 6. The van der Waals surface area contributed by atoms with Crippen LogP contribution in [0.3, 0.4) is 0 Å². The Morgan fingerprint density at radius 2 is 0.764 bits per heavy atom. The van der Waals surface area contributed by atoms with E-state index in [2.05, 4.69) is 244 Å². The van der Waals surface area contributed by atoms with Gasteiger partial charge in [0.2, 0.25) is 0 Å². The first-order chi connectivity index (χ1) is 26.4. The number of nitrogens with zero attached hydrogens (tertiary/aromatic N) is 2. The molecule has 8 rings (SSSR count). The predicted molar refractivity (Wildman–Crippen MR) is 238 cm³/mol. The van der Waals surface area contributed by atoms with Crippen molar-refractivity contribution < 1.29 is 0 Å². The Kier molecular flexibility index (Phi) is 9.34. The molecule has 0 atom stereocenters. The lowest BCUT2D eigenvalue weighted by Gasteiger charge is -2.39. The Labute approximate surface area is 336 Å². The van der Waals surface area contributed by atoms with E-state index in [1.54, 1.807) is 0 Å². The minimum Gasteiger partial charge on any atom is -0.309 e. The second-order valence-electron chi connectivity index (χ2n) is 17.0. The van der Waals surface area contributed by atoms with E-state index in [-0.39, 0.29) is 10.8 Å². The maximum Gasteiger partial charge on any atom is 0.0703 e. The van der Waals surface area contributed by atoms with Gasteiger partial charge in [0.15, 0.2) is 0 Å². The molecule has 1 aliphatic heterocycles. The molecule has 0 N–H and O–H groups in total. The summed E-state index contributed by atoms with van der Waals surface area (Å²) < 4.78 is 1.02. The van der Waals surface area contributed by atoms with E-state index < -0.39 is 5.41 Å². The number of benzene rings is 7. The lowest BCUT2D eigenvalue weighted by atomic mass is 9.65. The molecule has 55 heavy (non-hydrogen) atoms. The van der Waals surface area contributed by atoms with Gasteiger partial charge in [0.05, 0.1) is 21.3 Å². The molecule has 6 bridgehead atoms. The molecule has 0 aliphatic carbocycles. The molecule has 0 saturated carbocycles. The Morgan fingerprint density at radius 3 is 1.13 bits per heavy atom. The molecular formula is C52H49BrN2. The number of hydrogen-bond donors (Lipinski definition) is 0. The van der Waals surface area contributed by atoms with Gasteiger partial charge in [0, 0.05) is 22.7 Å². The second kappa shape index (κ2) is 14.0. The van der Waals surface area contributed by atoms with Crippen LogP contribution in [0.4, 0.5) is 34.1 Å². The molecule has 7 aromatic rings. The van der Waals surface area contributed by atoms with E-state index in [0.717, 1.165) is 38.6 Å². The van der Waals surface area contributed by atoms with Gasteiger partial charge < -0.3 is 9.80 Å². The zero-order valence-electron chi connectivity index (χ0n) is 32.9. The van der Waals surface area contributed by atoms with Crippen molar-refractivity contribution in [1.82, 2.24) is 0 Å². The minimum absolute atomic E-state index is 0.0398. The molecule has 0 aromatic heterocycles. The van der Waals surface area contributed by atoms with Gasteiger partial charge in [-0.15, -0.1) is 0 Å². The number of fused-ring (bicyclic) bond motifs is 6. The summed E-state index contributed by atoms with van der Waals surface area (Å²) in [5.74, 6) is 0. The van der Waals surface area contributed by atoms with Gasteiger partial charge in [-0.1, -0.05) is 151 Å². The zero-order chi connectivity index (χ0) is 38.5. The summed E-state index contributed by atoms with van der Waals surface area (Å²) in [5.41, 5.74) is 14.6. The highest BCUT2D eigenvalue weighted by Gasteiger charge is 2.40. The summed E-state index contributed by atoms with van der Waals surface area (Å²) in [6.07, 6.45) is 0. The third-order valence-corrected chi connectivity index (χ3v) is 11.9. The lowest BCUT2D eigenvalue weighted by molar-refractivity contribution is 0.590. The van der Waals surface area contributed by atoms with E-state index in [1.165, 1.54) is 38.9 Å². The summed E-state index contributed by atoms with van der Waals surface area (Å²) in [5, 5.41) is 0. The maximum absolute atomic E-state index is 4.24. The molecular weight excluding hydrogens is 732 g/mol. The largest absolute Gasteiger partial charge is 0.309 e. The topological polar surface area (TPSA) is 6.48 Å². The molecule has 3 heteroatoms. The van der Waals surface area contributed by atoms with Crippen LogP contribution in [0.5, 0.6) is 0 Å². The Balaban J connectivity index is 1.51. The Morgan fingerprint density at radius 1 is 0.400 bits per heavy atom. The number of halogens is 1. The molecule has 0 fully saturated rings. The fraction of sp³-hybridized carbons (Fsp3) is 0.192. The van der Waals surface area contributed by atoms with Crippen LogP contribution in [0.2, 0.25) is 0 Å². The predicted octanol–water partition coefficient (Wildman–Crippen LogP) is 15.0. The first kappa shape index (κ1) is 36.6. The van der Waals surface area contributed by atoms with Gasteiger partial charge >= 0.3 is 0 Å². The first-order valence-corrected chi connectivity index (χ1v) is 20.1. The molecule has 0 unspecified atom stereocenters. The summed E-state index contributed by atoms with van der Waals surface area (Å²) in [4.78, 5) is 4.85. The standard InChI is InChI=1S/C52H49BrN2/c1-36-32-47-49(53)48(33-36)55(44-30-26-38(27-31-44)51(5,6)7)46-23-15-21-42(35-46)52(39-16-10-8-11-17-39,40-18-12-9-13-19-40)41-20-14-22-45(34-41)54(47)43-28-24-37(25-29-43)50(2,3)4/h8-35H,1-7H3. The lowest BCUT2D eigenvalue weighted by Crippen LogP contribution is -2.31. The van der Waals surface area contributed by atoms with Crippen molar-refractivity contribution in [2.75, 3.05) is 9.80 Å². The summed E-state index contributed by atoms with van der Waals surface area (Å²) in [6, 6.07) is 63.3. The second-order valence-corrected chi connectivity index (χ2v) is 17.8. The van der Waals surface area contributed by atoms with Crippen LogP contribution in [-0.4, -0.2) is 0 Å². The van der Waals surface area contributed by atoms with Crippen LogP contribution in [0.25, 0.3) is 0 Å². The van der Waals surface area contributed by atoms with Gasteiger partial charge in [-0.25, -0.2) is 0 Å². The van der Waals surface area contributed by atoms with Crippen molar-refractivity contribution in [2.24, 2.45) is 0 Å². The van der Waals surface area contributed by atoms with Crippen molar-refractivity contribution in [1.29, 1.82) is 0 Å². The number of hydrogen-bond acceptors (Lipinski definition) is 2. The van der Waals surface area contributed by atoms with E-state index in [0.29, 0.717) is 0 Å². The molecule has 0 spiro atoms. The quantitative estimate of drug-likeness (QED) is 0.175. The SMILES string of the molecule is Cc1cc2c(Br)c(c1)N(c1ccc(C(C)(C)C)cc1)c1cccc(c1)C(c1ccccc1)(c1ccccc1)c1cccc(c1)N2c1ccc(C(C)(C)C)cc1. The van der Waals surface area contributed by atoms with Crippen LogP contribution in [0.15, 0.2) is 174 Å². The van der Waals surface area contributed by atoms with Gasteiger partial charge in [0.25, 0.3) is 0 Å². The van der Waals surface area contributed by atoms with Crippen molar-refractivity contribution in [3.63, 3.8) is 0 Å². The number of aryl methyl sites for hydroxylation is 1. The summed E-state index contributed by atoms with van der Waals surface area (Å²) in [6.45, 7) is 15.8. The molecule has 0 saturated heterocycles. The molecule has 0 amide bonds. The van der Waals surface area contributed by atoms with Crippen LogP contribution in [-0.2, 0) is 16.2 Å². The first-order valence-electron chi connectivity index (χ1n) is 19.3. The van der Waals surface area contributed by atoms with Gasteiger partial charge in [-0.05, 0) is 133 Å². The third-order valence-electron chi connectivity index (χ3n) is 11.1. The van der Waals surface area contributed by atoms with E-state index in [9.17, 15) is 0 Å². The van der Waals surface area contributed by atoms with Gasteiger partial charge in [0.1, 0.15) is 0 Å². The van der Waals surface area contributed by atoms with Crippen LogP contribution in [0.1, 0.15) is 80.5 Å². The van der Waals surface area contributed by atoms with E-state index in [4.69, 9.17) is 0 Å². The average Bonchev–Trinajstić information content (AvgIpc) is 3.18. The monoisotopic (exact) mass is 780 g/mol. The third kappa shape index (κ3) is 6.59. The normalized spacial score (nSPS) is 13.9. The number of rotatable bonds is 4. The van der Waals surface area contributed by atoms with Gasteiger partial charge in [-0.3, -0.25) is 0 Å². The highest BCUT2D eigenvalue weighted by molar-refractivity contribution is 9.10. The van der Waals surface area contributed by atoms with Crippen LogP contribution in [0, 0.1) is 6.92 Å². The fourth-order valence-corrected chi connectivity index (χ4v) is 8.85. The summed E-state index contributed by atoms with van der Waals surface area (Å²) >= 11 is 4.24. The summed E-state index contributed by atoms with van der Waals surface area (Å²) in [7, 11) is 0. The molecule has 1 aliphatic rings. The van der Waals surface area contributed by atoms with E-state index in [1.807, 2.05) is 0 Å². The van der Waals surface area contributed by atoms with Crippen molar-refractivity contribution in [3.05, 3.63) is 213 Å². The Bertz CT molecular complexity index is 2280. The van der Waals surface area contributed by atoms with Crippen LogP contribution >= 0.6 is 15.9 Å². The maximum atomic E-state index is 4.24. The van der Waals surface area contributed by atoms with Crippen molar-refractivity contribution in [3.8, 4) is 0 Å². The minimum atomic E-state index is -0.627. The molecule has 2 nitrogen and oxygen atoms in total. The Hall–Kier alpha value is -5.38. The van der Waals surface area contributed by atoms with Crippen molar-refractivity contribution >= 4 is 50.1 Å². The molecule has 7 aromatic carbocycles. The highest BCUT2D eigenvalue weighted by atomic mass is 79.9. The fourth-order valence-electron chi connectivity index (χ4n) is 8.26. The van der Waals surface area contributed by atoms with Gasteiger partial charge in [-0.2, -0.15) is 0 Å². The van der Waals surface area contributed by atoms with Crippen LogP contribution < -0.4 is 9.80 Å². The molecule has 0 radical (unpaired) electrons.